The van der Waals surface area contributed by atoms with E-state index in [2.05, 4.69) is 0 Å². The molecule has 0 aromatic carbocycles. The number of ketones is 1. The van der Waals surface area contributed by atoms with Gasteiger partial charge in [-0.25, -0.2) is 4.79 Å². The van der Waals surface area contributed by atoms with E-state index in [1.165, 1.54) is 0 Å². The number of rotatable bonds is 6. The summed E-state index contributed by atoms with van der Waals surface area (Å²) in [5.41, 5.74) is 0.203. The summed E-state index contributed by atoms with van der Waals surface area (Å²) >= 11 is 0. The first-order valence-corrected chi connectivity index (χ1v) is 5.45. The van der Waals surface area contributed by atoms with Crippen LogP contribution in [0, 0.1) is 5.92 Å². The first kappa shape index (κ1) is 13.9. The highest BCUT2D eigenvalue weighted by Gasteiger charge is 2.18. The maximum absolute atomic E-state index is 11.6. The van der Waals surface area contributed by atoms with Gasteiger partial charge < -0.3 is 4.74 Å². The lowest BCUT2D eigenvalue weighted by Crippen LogP contribution is -2.16. The average molecular weight is 212 g/mol. The Kier molecular flexibility index (Phi) is 6.67. The SMILES string of the molecule is CCCC(=O)C(=CC(C)C)C(=O)OCC. The molecule has 0 aromatic rings. The summed E-state index contributed by atoms with van der Waals surface area (Å²) in [4.78, 5) is 23.1. The fourth-order valence-electron chi connectivity index (χ4n) is 1.18. The largest absolute Gasteiger partial charge is 0.462 e. The Labute approximate surface area is 91.5 Å². The van der Waals surface area contributed by atoms with Crippen LogP contribution >= 0.6 is 0 Å². The molecular weight excluding hydrogens is 192 g/mol. The smallest absolute Gasteiger partial charge is 0.341 e. The molecule has 0 aliphatic rings. The fraction of sp³-hybridized carbons (Fsp3) is 0.667. The summed E-state index contributed by atoms with van der Waals surface area (Å²) in [6.07, 6.45) is 2.82. The maximum atomic E-state index is 11.6. The Hall–Kier alpha value is -1.12. The molecule has 0 fully saturated rings. The molecule has 0 radical (unpaired) electrons. The maximum Gasteiger partial charge on any atom is 0.341 e. The van der Waals surface area contributed by atoms with Crippen molar-refractivity contribution in [1.82, 2.24) is 0 Å². The topological polar surface area (TPSA) is 43.4 Å². The van der Waals surface area contributed by atoms with Gasteiger partial charge in [0.25, 0.3) is 0 Å². The molecule has 0 spiro atoms. The molecule has 0 N–H and O–H groups in total. The minimum absolute atomic E-state index is 0.121. The van der Waals surface area contributed by atoms with Gasteiger partial charge in [0, 0.05) is 6.42 Å². The summed E-state index contributed by atoms with van der Waals surface area (Å²) in [7, 11) is 0. The molecule has 3 nitrogen and oxygen atoms in total. The van der Waals surface area contributed by atoms with Crippen LogP contribution in [-0.4, -0.2) is 18.4 Å². The average Bonchev–Trinajstić information content (AvgIpc) is 2.14. The third kappa shape index (κ3) is 5.35. The van der Waals surface area contributed by atoms with Crippen molar-refractivity contribution < 1.29 is 14.3 Å². The van der Waals surface area contributed by atoms with Crippen LogP contribution in [0.1, 0.15) is 40.5 Å². The molecule has 0 atom stereocenters. The van der Waals surface area contributed by atoms with Crippen LogP contribution in [0.25, 0.3) is 0 Å². The molecule has 0 aromatic heterocycles. The zero-order chi connectivity index (χ0) is 11.8. The van der Waals surface area contributed by atoms with E-state index in [4.69, 9.17) is 4.74 Å². The number of carbonyl (C=O) groups excluding carboxylic acids is 2. The lowest BCUT2D eigenvalue weighted by Gasteiger charge is -2.06. The highest BCUT2D eigenvalue weighted by atomic mass is 16.5. The number of allylic oxidation sites excluding steroid dienone is 1. The molecule has 0 heterocycles. The quantitative estimate of drug-likeness (QED) is 0.294. The molecule has 0 saturated heterocycles. The summed E-state index contributed by atoms with van der Waals surface area (Å²) in [5.74, 6) is -0.445. The standard InChI is InChI=1S/C12H20O3/c1-5-7-11(13)10(8-9(3)4)12(14)15-6-2/h8-9H,5-7H2,1-4H3. The van der Waals surface area contributed by atoms with Crippen LogP contribution < -0.4 is 0 Å². The number of hydrogen-bond acceptors (Lipinski definition) is 3. The molecule has 0 saturated carbocycles. The van der Waals surface area contributed by atoms with Crippen LogP contribution in [0.2, 0.25) is 0 Å². The summed E-state index contributed by atoms with van der Waals surface area (Å²) in [6, 6.07) is 0. The zero-order valence-corrected chi connectivity index (χ0v) is 10.0. The third-order valence-electron chi connectivity index (χ3n) is 1.77. The van der Waals surface area contributed by atoms with Crippen molar-refractivity contribution in [1.29, 1.82) is 0 Å². The van der Waals surface area contributed by atoms with Crippen LogP contribution in [-0.2, 0) is 14.3 Å². The first-order chi connectivity index (χ1) is 7.02. The number of ether oxygens (including phenoxy) is 1. The second-order valence-electron chi connectivity index (χ2n) is 3.72. The normalized spacial score (nSPS) is 11.7. The van der Waals surface area contributed by atoms with Gasteiger partial charge >= 0.3 is 5.97 Å². The van der Waals surface area contributed by atoms with Crippen molar-refractivity contribution in [2.24, 2.45) is 5.92 Å². The van der Waals surface area contributed by atoms with Crippen molar-refractivity contribution in [3.8, 4) is 0 Å². The lowest BCUT2D eigenvalue weighted by molar-refractivity contribution is -0.140. The van der Waals surface area contributed by atoms with Crippen molar-refractivity contribution in [3.05, 3.63) is 11.6 Å². The summed E-state index contributed by atoms with van der Waals surface area (Å²) in [5, 5.41) is 0. The van der Waals surface area contributed by atoms with E-state index < -0.39 is 5.97 Å². The van der Waals surface area contributed by atoms with Gasteiger partial charge in [-0.15, -0.1) is 0 Å². The molecule has 3 heteroatoms. The lowest BCUT2D eigenvalue weighted by atomic mass is 10.0. The van der Waals surface area contributed by atoms with E-state index in [0.29, 0.717) is 13.0 Å². The molecule has 86 valence electrons. The van der Waals surface area contributed by atoms with Gasteiger partial charge in [0.2, 0.25) is 0 Å². The van der Waals surface area contributed by atoms with Gasteiger partial charge in [0.1, 0.15) is 0 Å². The fourth-order valence-corrected chi connectivity index (χ4v) is 1.18. The van der Waals surface area contributed by atoms with Crippen LogP contribution in [0.15, 0.2) is 11.6 Å². The Morgan fingerprint density at radius 2 is 1.87 bits per heavy atom. The molecular formula is C12H20O3. The molecule has 15 heavy (non-hydrogen) atoms. The first-order valence-electron chi connectivity index (χ1n) is 5.45. The van der Waals surface area contributed by atoms with E-state index in [-0.39, 0.29) is 17.3 Å². The van der Waals surface area contributed by atoms with E-state index in [0.717, 1.165) is 6.42 Å². The molecule has 0 rings (SSSR count). The van der Waals surface area contributed by atoms with Gasteiger partial charge in [0.05, 0.1) is 12.2 Å². The van der Waals surface area contributed by atoms with Gasteiger partial charge in [0.15, 0.2) is 5.78 Å². The van der Waals surface area contributed by atoms with Crippen LogP contribution in [0.3, 0.4) is 0 Å². The predicted octanol–water partition coefficient (Wildman–Crippen LogP) is 2.50. The highest BCUT2D eigenvalue weighted by molar-refractivity contribution is 6.17. The minimum Gasteiger partial charge on any atom is -0.462 e. The summed E-state index contributed by atoms with van der Waals surface area (Å²) < 4.78 is 4.84. The molecule has 0 unspecified atom stereocenters. The van der Waals surface area contributed by atoms with Crippen molar-refractivity contribution >= 4 is 11.8 Å². The molecule has 0 aliphatic heterocycles. The summed E-state index contributed by atoms with van der Waals surface area (Å²) in [6.45, 7) is 7.80. The number of esters is 1. The van der Waals surface area contributed by atoms with Crippen molar-refractivity contribution in [3.63, 3.8) is 0 Å². The van der Waals surface area contributed by atoms with Crippen molar-refractivity contribution in [2.75, 3.05) is 6.61 Å². The second kappa shape index (κ2) is 7.21. The predicted molar refractivity (Wildman–Crippen MR) is 59.5 cm³/mol. The Bertz CT molecular complexity index is 232. The van der Waals surface area contributed by atoms with E-state index in [9.17, 15) is 9.59 Å². The Balaban J connectivity index is 4.73. The minimum atomic E-state index is -0.496. The number of carbonyl (C=O) groups is 2. The van der Waals surface area contributed by atoms with Gasteiger partial charge in [-0.05, 0) is 19.3 Å². The van der Waals surface area contributed by atoms with E-state index in [1.807, 2.05) is 20.8 Å². The van der Waals surface area contributed by atoms with Crippen molar-refractivity contribution in [2.45, 2.75) is 40.5 Å². The highest BCUT2D eigenvalue weighted by Crippen LogP contribution is 2.09. The number of Topliss-reactive ketones (excluding diaryl/α,β-unsaturated/α-hetero) is 1. The Morgan fingerprint density at radius 3 is 2.27 bits per heavy atom. The molecule has 0 bridgehead atoms. The molecule has 0 aliphatic carbocycles. The van der Waals surface area contributed by atoms with E-state index in [1.54, 1.807) is 13.0 Å². The third-order valence-corrected chi connectivity index (χ3v) is 1.77. The Morgan fingerprint density at radius 1 is 1.27 bits per heavy atom. The second-order valence-corrected chi connectivity index (χ2v) is 3.72. The van der Waals surface area contributed by atoms with Crippen LogP contribution in [0.4, 0.5) is 0 Å². The molecule has 0 amide bonds. The van der Waals surface area contributed by atoms with E-state index >= 15 is 0 Å². The zero-order valence-electron chi connectivity index (χ0n) is 10.0. The number of hydrogen-bond donors (Lipinski definition) is 0. The van der Waals surface area contributed by atoms with Gasteiger partial charge in [-0.2, -0.15) is 0 Å². The van der Waals surface area contributed by atoms with Gasteiger partial charge in [-0.3, -0.25) is 4.79 Å². The van der Waals surface area contributed by atoms with Gasteiger partial charge in [-0.1, -0.05) is 26.8 Å². The van der Waals surface area contributed by atoms with Crippen LogP contribution in [0.5, 0.6) is 0 Å². The monoisotopic (exact) mass is 212 g/mol.